The van der Waals surface area contributed by atoms with Crippen LogP contribution in [0.3, 0.4) is 0 Å². The first-order chi connectivity index (χ1) is 11.7. The predicted octanol–water partition coefficient (Wildman–Crippen LogP) is 4.28. The highest BCUT2D eigenvalue weighted by Crippen LogP contribution is 2.21. The molecule has 130 valence electrons. The summed E-state index contributed by atoms with van der Waals surface area (Å²) in [4.78, 5) is 15.4. The Labute approximate surface area is 148 Å². The average molecular weight is 346 g/mol. The molecular weight excluding hydrogens is 320 g/mol. The zero-order valence-electron chi connectivity index (χ0n) is 14.7. The van der Waals surface area contributed by atoms with Crippen LogP contribution in [-0.4, -0.2) is 37.0 Å². The summed E-state index contributed by atoms with van der Waals surface area (Å²) in [7, 11) is 0. The summed E-state index contributed by atoms with van der Waals surface area (Å²) >= 11 is 1.48. The second-order valence-corrected chi connectivity index (χ2v) is 6.40. The van der Waals surface area contributed by atoms with Gasteiger partial charge in [-0.3, -0.25) is 4.79 Å². The molecule has 0 aliphatic carbocycles. The van der Waals surface area contributed by atoms with E-state index in [9.17, 15) is 4.79 Å². The Morgan fingerprint density at radius 2 is 1.83 bits per heavy atom. The van der Waals surface area contributed by atoms with E-state index in [0.717, 1.165) is 47.9 Å². The Morgan fingerprint density at radius 1 is 1.12 bits per heavy atom. The number of rotatable bonds is 9. The SMILES string of the molecule is CCc1ccsc1C(=O)Nc1ccc(OCCN(CC)CC)cc1. The van der Waals surface area contributed by atoms with Gasteiger partial charge in [0.05, 0.1) is 4.88 Å². The van der Waals surface area contributed by atoms with Gasteiger partial charge in [0.25, 0.3) is 5.91 Å². The fourth-order valence-corrected chi connectivity index (χ4v) is 3.36. The Balaban J connectivity index is 1.87. The number of nitrogens with zero attached hydrogens (tertiary/aromatic N) is 1. The van der Waals surface area contributed by atoms with Crippen molar-refractivity contribution in [1.82, 2.24) is 4.90 Å². The molecule has 24 heavy (non-hydrogen) atoms. The number of amides is 1. The number of hydrogen-bond acceptors (Lipinski definition) is 4. The van der Waals surface area contributed by atoms with E-state index < -0.39 is 0 Å². The molecule has 1 N–H and O–H groups in total. The highest BCUT2D eigenvalue weighted by atomic mass is 32.1. The van der Waals surface area contributed by atoms with Crippen LogP contribution >= 0.6 is 11.3 Å². The Morgan fingerprint density at radius 3 is 2.46 bits per heavy atom. The molecule has 0 unspecified atom stereocenters. The number of thiophene rings is 1. The van der Waals surface area contributed by atoms with Crippen molar-refractivity contribution in [2.24, 2.45) is 0 Å². The molecule has 1 aromatic carbocycles. The van der Waals surface area contributed by atoms with Gasteiger partial charge in [0, 0.05) is 12.2 Å². The molecule has 1 heterocycles. The van der Waals surface area contributed by atoms with Gasteiger partial charge in [-0.1, -0.05) is 20.8 Å². The molecule has 0 spiro atoms. The molecule has 1 aromatic heterocycles. The van der Waals surface area contributed by atoms with Gasteiger partial charge in [-0.2, -0.15) is 0 Å². The zero-order chi connectivity index (χ0) is 17.4. The van der Waals surface area contributed by atoms with E-state index in [4.69, 9.17) is 4.74 Å². The third kappa shape index (κ3) is 5.08. The monoisotopic (exact) mass is 346 g/mol. The third-order valence-electron chi connectivity index (χ3n) is 4.02. The van der Waals surface area contributed by atoms with Gasteiger partial charge in [-0.25, -0.2) is 0 Å². The lowest BCUT2D eigenvalue weighted by atomic mass is 10.2. The molecule has 2 rings (SSSR count). The van der Waals surface area contributed by atoms with E-state index in [0.29, 0.717) is 6.61 Å². The van der Waals surface area contributed by atoms with Crippen LogP contribution in [0, 0.1) is 0 Å². The van der Waals surface area contributed by atoms with Gasteiger partial charge in [0.1, 0.15) is 12.4 Å². The summed E-state index contributed by atoms with van der Waals surface area (Å²) in [5.74, 6) is 0.780. The van der Waals surface area contributed by atoms with Gasteiger partial charge in [-0.05, 0) is 60.8 Å². The van der Waals surface area contributed by atoms with E-state index >= 15 is 0 Å². The van der Waals surface area contributed by atoms with E-state index in [1.807, 2.05) is 35.7 Å². The number of aryl methyl sites for hydroxylation is 1. The Bertz CT molecular complexity index is 633. The van der Waals surface area contributed by atoms with Crippen molar-refractivity contribution in [2.45, 2.75) is 27.2 Å². The number of hydrogen-bond donors (Lipinski definition) is 1. The van der Waals surface area contributed by atoms with Crippen LogP contribution in [0.15, 0.2) is 35.7 Å². The number of carbonyl (C=O) groups excluding carboxylic acids is 1. The van der Waals surface area contributed by atoms with E-state index in [1.165, 1.54) is 11.3 Å². The maximum Gasteiger partial charge on any atom is 0.266 e. The van der Waals surface area contributed by atoms with Crippen molar-refractivity contribution in [3.63, 3.8) is 0 Å². The van der Waals surface area contributed by atoms with Crippen molar-refractivity contribution < 1.29 is 9.53 Å². The standard InChI is InChI=1S/C19H26N2O2S/c1-4-15-11-14-24-18(15)19(22)20-16-7-9-17(10-8-16)23-13-12-21(5-2)6-3/h7-11,14H,4-6,12-13H2,1-3H3,(H,20,22). The van der Waals surface area contributed by atoms with Gasteiger partial charge < -0.3 is 15.0 Å². The van der Waals surface area contributed by atoms with Crippen molar-refractivity contribution >= 4 is 22.9 Å². The Kier molecular flexibility index (Phi) is 7.28. The third-order valence-corrected chi connectivity index (χ3v) is 4.97. The number of benzene rings is 1. The molecule has 2 aromatic rings. The normalized spacial score (nSPS) is 10.8. The summed E-state index contributed by atoms with van der Waals surface area (Å²) in [5, 5.41) is 4.91. The zero-order valence-corrected chi connectivity index (χ0v) is 15.5. The van der Waals surface area contributed by atoms with Crippen LogP contribution in [0.25, 0.3) is 0 Å². The summed E-state index contributed by atoms with van der Waals surface area (Å²) in [6, 6.07) is 9.56. The first-order valence-corrected chi connectivity index (χ1v) is 9.38. The number of likely N-dealkylation sites (N-methyl/N-ethyl adjacent to an activating group) is 1. The predicted molar refractivity (Wildman–Crippen MR) is 101 cm³/mol. The van der Waals surface area contributed by atoms with Crippen molar-refractivity contribution in [3.05, 3.63) is 46.2 Å². The molecule has 0 radical (unpaired) electrons. The Hall–Kier alpha value is -1.85. The van der Waals surface area contributed by atoms with E-state index in [1.54, 1.807) is 0 Å². The van der Waals surface area contributed by atoms with Crippen LogP contribution in [0.4, 0.5) is 5.69 Å². The molecule has 0 atom stereocenters. The molecule has 4 nitrogen and oxygen atoms in total. The lowest BCUT2D eigenvalue weighted by Crippen LogP contribution is -2.27. The van der Waals surface area contributed by atoms with Crippen LogP contribution < -0.4 is 10.1 Å². The lowest BCUT2D eigenvalue weighted by molar-refractivity contribution is 0.103. The molecule has 5 heteroatoms. The topological polar surface area (TPSA) is 41.6 Å². The fraction of sp³-hybridized carbons (Fsp3) is 0.421. The van der Waals surface area contributed by atoms with Crippen LogP contribution in [-0.2, 0) is 6.42 Å². The van der Waals surface area contributed by atoms with Gasteiger partial charge in [0.15, 0.2) is 0 Å². The maximum atomic E-state index is 12.3. The lowest BCUT2D eigenvalue weighted by Gasteiger charge is -2.18. The molecule has 0 fully saturated rings. The molecule has 0 aliphatic rings. The molecule has 0 bridgehead atoms. The minimum atomic E-state index is -0.0444. The summed E-state index contributed by atoms with van der Waals surface area (Å²) in [6.07, 6.45) is 0.867. The van der Waals surface area contributed by atoms with E-state index in [-0.39, 0.29) is 5.91 Å². The van der Waals surface area contributed by atoms with Crippen LogP contribution in [0.1, 0.15) is 36.0 Å². The smallest absolute Gasteiger partial charge is 0.266 e. The van der Waals surface area contributed by atoms with Crippen molar-refractivity contribution in [2.75, 3.05) is 31.6 Å². The molecule has 0 saturated heterocycles. The van der Waals surface area contributed by atoms with Crippen molar-refractivity contribution in [3.8, 4) is 5.75 Å². The van der Waals surface area contributed by atoms with Crippen molar-refractivity contribution in [1.29, 1.82) is 0 Å². The molecule has 1 amide bonds. The summed E-state index contributed by atoms with van der Waals surface area (Å²) in [5.41, 5.74) is 1.88. The first kappa shape index (κ1) is 18.5. The molecule has 0 saturated carbocycles. The quantitative estimate of drug-likeness (QED) is 0.737. The van der Waals surface area contributed by atoms with Gasteiger partial charge >= 0.3 is 0 Å². The summed E-state index contributed by atoms with van der Waals surface area (Å²) < 4.78 is 5.76. The maximum absolute atomic E-state index is 12.3. The first-order valence-electron chi connectivity index (χ1n) is 8.50. The van der Waals surface area contributed by atoms with Crippen LogP contribution in [0.2, 0.25) is 0 Å². The molecule has 0 aliphatic heterocycles. The van der Waals surface area contributed by atoms with Gasteiger partial charge in [0.2, 0.25) is 0 Å². The minimum Gasteiger partial charge on any atom is -0.492 e. The van der Waals surface area contributed by atoms with E-state index in [2.05, 4.69) is 31.0 Å². The van der Waals surface area contributed by atoms with Crippen LogP contribution in [0.5, 0.6) is 5.75 Å². The average Bonchev–Trinajstić information content (AvgIpc) is 3.09. The molecular formula is C19H26N2O2S. The van der Waals surface area contributed by atoms with Gasteiger partial charge in [-0.15, -0.1) is 11.3 Å². The number of anilines is 1. The minimum absolute atomic E-state index is 0.0444. The number of nitrogens with one attached hydrogen (secondary N) is 1. The fourth-order valence-electron chi connectivity index (χ4n) is 2.47. The highest BCUT2D eigenvalue weighted by Gasteiger charge is 2.12. The summed E-state index contributed by atoms with van der Waals surface area (Å²) in [6.45, 7) is 10.0. The second-order valence-electron chi connectivity index (χ2n) is 5.48. The largest absolute Gasteiger partial charge is 0.492 e. The highest BCUT2D eigenvalue weighted by molar-refractivity contribution is 7.12. The second kappa shape index (κ2) is 9.45. The number of carbonyl (C=O) groups is 1. The number of ether oxygens (including phenoxy) is 1.